The van der Waals surface area contributed by atoms with Crippen LogP contribution in [0.4, 0.5) is 5.69 Å². The number of hydrogen-bond donors (Lipinski definition) is 1. The summed E-state index contributed by atoms with van der Waals surface area (Å²) < 4.78 is 1.72. The van der Waals surface area contributed by atoms with Gasteiger partial charge in [-0.15, -0.1) is 5.10 Å². The van der Waals surface area contributed by atoms with Gasteiger partial charge in [-0.05, 0) is 44.5 Å². The van der Waals surface area contributed by atoms with Crippen LogP contribution in [0.3, 0.4) is 0 Å². The minimum Gasteiger partial charge on any atom is -0.319 e. The summed E-state index contributed by atoms with van der Waals surface area (Å²) in [5, 5.41) is 7.44. The summed E-state index contributed by atoms with van der Waals surface area (Å²) in [6.07, 6.45) is 0. The molecule has 0 aliphatic rings. The van der Waals surface area contributed by atoms with E-state index in [2.05, 4.69) is 15.4 Å². The van der Waals surface area contributed by atoms with Crippen LogP contribution in [0.25, 0.3) is 17.1 Å². The number of anilines is 1. The summed E-state index contributed by atoms with van der Waals surface area (Å²) in [5.41, 5.74) is 5.81. The van der Waals surface area contributed by atoms with E-state index in [0.717, 1.165) is 33.6 Å². The van der Waals surface area contributed by atoms with E-state index < -0.39 is 0 Å². The predicted molar refractivity (Wildman–Crippen MR) is 115 cm³/mol. The average molecular weight is 382 g/mol. The monoisotopic (exact) mass is 382 g/mol. The van der Waals surface area contributed by atoms with E-state index in [9.17, 15) is 4.79 Å². The smallest absolute Gasteiger partial charge is 0.295 e. The van der Waals surface area contributed by atoms with Crippen molar-refractivity contribution in [1.82, 2.24) is 14.8 Å². The molecule has 3 aromatic carbocycles. The van der Waals surface area contributed by atoms with E-state index in [-0.39, 0.29) is 11.7 Å². The second-order valence-corrected chi connectivity index (χ2v) is 7.14. The number of rotatable bonds is 4. The number of benzene rings is 3. The maximum absolute atomic E-state index is 12.9. The Hall–Kier alpha value is -3.73. The van der Waals surface area contributed by atoms with Gasteiger partial charge in [-0.2, -0.15) is 0 Å². The molecule has 4 aromatic rings. The van der Waals surface area contributed by atoms with E-state index >= 15 is 0 Å². The Morgan fingerprint density at radius 3 is 2.10 bits per heavy atom. The minimum absolute atomic E-state index is 0.129. The van der Waals surface area contributed by atoms with Crippen LogP contribution in [-0.4, -0.2) is 20.7 Å². The third kappa shape index (κ3) is 3.94. The number of para-hydroxylation sites is 1. The summed E-state index contributed by atoms with van der Waals surface area (Å²) in [7, 11) is 0. The fourth-order valence-electron chi connectivity index (χ4n) is 3.06. The van der Waals surface area contributed by atoms with Gasteiger partial charge in [0.25, 0.3) is 5.91 Å². The van der Waals surface area contributed by atoms with Crippen molar-refractivity contribution in [3.8, 4) is 17.1 Å². The van der Waals surface area contributed by atoms with Crippen LogP contribution < -0.4 is 5.32 Å². The Balaban J connectivity index is 1.76. The van der Waals surface area contributed by atoms with Crippen molar-refractivity contribution in [1.29, 1.82) is 0 Å². The summed E-state index contributed by atoms with van der Waals surface area (Å²) in [6, 6.07) is 23.7. The molecule has 1 N–H and O–H groups in total. The van der Waals surface area contributed by atoms with Gasteiger partial charge in [-0.1, -0.05) is 65.7 Å². The molecule has 0 aliphatic carbocycles. The molecule has 144 valence electrons. The Morgan fingerprint density at radius 1 is 0.828 bits per heavy atom. The van der Waals surface area contributed by atoms with Gasteiger partial charge in [-0.3, -0.25) is 4.79 Å². The van der Waals surface area contributed by atoms with Crippen LogP contribution >= 0.6 is 0 Å². The highest BCUT2D eigenvalue weighted by molar-refractivity contribution is 6.02. The zero-order chi connectivity index (χ0) is 20.4. The van der Waals surface area contributed by atoms with E-state index in [0.29, 0.717) is 5.82 Å². The van der Waals surface area contributed by atoms with E-state index in [1.54, 1.807) is 4.68 Å². The summed E-state index contributed by atoms with van der Waals surface area (Å²) in [5.74, 6) is 0.423. The molecule has 4 rings (SSSR count). The van der Waals surface area contributed by atoms with Crippen LogP contribution in [0, 0.1) is 20.8 Å². The molecular formula is C24H22N4O. The number of carbonyl (C=O) groups excluding carboxylic acids is 1. The molecule has 1 amide bonds. The molecule has 5 heteroatoms. The van der Waals surface area contributed by atoms with E-state index in [4.69, 9.17) is 0 Å². The SMILES string of the molecule is Cc1ccc(-c2nc(C(=O)Nc3ccccc3C)nn2-c2ccc(C)cc2)cc1. The van der Waals surface area contributed by atoms with E-state index in [1.165, 1.54) is 0 Å². The molecule has 5 nitrogen and oxygen atoms in total. The molecular weight excluding hydrogens is 360 g/mol. The predicted octanol–water partition coefficient (Wildman–Crippen LogP) is 5.11. The van der Waals surface area contributed by atoms with Crippen LogP contribution in [0.5, 0.6) is 0 Å². The molecule has 1 aromatic heterocycles. The molecule has 0 saturated heterocycles. The lowest BCUT2D eigenvalue weighted by atomic mass is 10.1. The first-order valence-electron chi connectivity index (χ1n) is 9.49. The van der Waals surface area contributed by atoms with Crippen molar-refractivity contribution in [3.63, 3.8) is 0 Å². The van der Waals surface area contributed by atoms with E-state index in [1.807, 2.05) is 93.6 Å². The number of aryl methyl sites for hydroxylation is 3. The Kier molecular flexibility index (Phi) is 4.96. The third-order valence-electron chi connectivity index (χ3n) is 4.79. The normalized spacial score (nSPS) is 10.7. The molecule has 0 aliphatic heterocycles. The lowest BCUT2D eigenvalue weighted by molar-refractivity contribution is 0.101. The standard InChI is InChI=1S/C24H22N4O/c1-16-8-12-19(13-9-16)23-26-22(24(29)25-21-7-5-4-6-18(21)3)27-28(23)20-14-10-17(2)11-15-20/h4-15H,1-3H3,(H,25,29). The number of carbonyl (C=O) groups is 1. The average Bonchev–Trinajstić information content (AvgIpc) is 3.16. The van der Waals surface area contributed by atoms with Crippen LogP contribution in [0.2, 0.25) is 0 Å². The molecule has 1 heterocycles. The molecule has 0 atom stereocenters. The molecule has 0 unspecified atom stereocenters. The zero-order valence-electron chi connectivity index (χ0n) is 16.7. The van der Waals surface area contributed by atoms with Crippen molar-refractivity contribution in [3.05, 3.63) is 95.3 Å². The Morgan fingerprint density at radius 2 is 1.45 bits per heavy atom. The molecule has 0 fully saturated rings. The maximum atomic E-state index is 12.9. The first-order chi connectivity index (χ1) is 14.0. The molecule has 29 heavy (non-hydrogen) atoms. The number of nitrogens with zero attached hydrogens (tertiary/aromatic N) is 3. The second-order valence-electron chi connectivity index (χ2n) is 7.14. The minimum atomic E-state index is -0.335. The lowest BCUT2D eigenvalue weighted by Crippen LogP contribution is -2.15. The highest BCUT2D eigenvalue weighted by Gasteiger charge is 2.19. The number of hydrogen-bond acceptors (Lipinski definition) is 3. The van der Waals surface area contributed by atoms with Gasteiger partial charge >= 0.3 is 0 Å². The van der Waals surface area contributed by atoms with Gasteiger partial charge in [0, 0.05) is 11.3 Å². The highest BCUT2D eigenvalue weighted by Crippen LogP contribution is 2.23. The summed E-state index contributed by atoms with van der Waals surface area (Å²) in [4.78, 5) is 17.4. The second kappa shape index (κ2) is 7.72. The van der Waals surface area contributed by atoms with Crippen LogP contribution in [-0.2, 0) is 0 Å². The number of amides is 1. The Bertz CT molecular complexity index is 1100. The quantitative estimate of drug-likeness (QED) is 0.533. The fraction of sp³-hybridized carbons (Fsp3) is 0.125. The Labute approximate surface area is 170 Å². The topological polar surface area (TPSA) is 59.8 Å². The lowest BCUT2D eigenvalue weighted by Gasteiger charge is -2.06. The fourth-order valence-corrected chi connectivity index (χ4v) is 3.06. The van der Waals surface area contributed by atoms with Gasteiger partial charge in [0.2, 0.25) is 5.82 Å². The van der Waals surface area contributed by atoms with Crippen LogP contribution in [0.1, 0.15) is 27.3 Å². The molecule has 0 spiro atoms. The molecule has 0 saturated carbocycles. The van der Waals surface area contributed by atoms with Crippen molar-refractivity contribution in [2.45, 2.75) is 20.8 Å². The molecule has 0 radical (unpaired) electrons. The van der Waals surface area contributed by atoms with Crippen molar-refractivity contribution in [2.24, 2.45) is 0 Å². The first kappa shape index (κ1) is 18.6. The third-order valence-corrected chi connectivity index (χ3v) is 4.79. The summed E-state index contributed by atoms with van der Waals surface area (Å²) in [6.45, 7) is 6.02. The van der Waals surface area contributed by atoms with Gasteiger partial charge in [0.1, 0.15) is 0 Å². The van der Waals surface area contributed by atoms with Crippen molar-refractivity contribution < 1.29 is 4.79 Å². The van der Waals surface area contributed by atoms with Crippen LogP contribution in [0.15, 0.2) is 72.8 Å². The van der Waals surface area contributed by atoms with Gasteiger partial charge in [-0.25, -0.2) is 9.67 Å². The summed E-state index contributed by atoms with van der Waals surface area (Å²) >= 11 is 0. The van der Waals surface area contributed by atoms with Crippen molar-refractivity contribution in [2.75, 3.05) is 5.32 Å². The first-order valence-corrected chi connectivity index (χ1v) is 9.49. The van der Waals surface area contributed by atoms with Gasteiger partial charge in [0.05, 0.1) is 5.69 Å². The highest BCUT2D eigenvalue weighted by atomic mass is 16.2. The maximum Gasteiger partial charge on any atom is 0.295 e. The number of aromatic nitrogens is 3. The zero-order valence-corrected chi connectivity index (χ0v) is 16.7. The molecule has 0 bridgehead atoms. The van der Waals surface area contributed by atoms with Crippen molar-refractivity contribution >= 4 is 11.6 Å². The largest absolute Gasteiger partial charge is 0.319 e. The number of nitrogens with one attached hydrogen (secondary N) is 1. The van der Waals surface area contributed by atoms with Gasteiger partial charge in [0.15, 0.2) is 5.82 Å². The van der Waals surface area contributed by atoms with Gasteiger partial charge < -0.3 is 5.32 Å².